The van der Waals surface area contributed by atoms with Crippen LogP contribution in [0.2, 0.25) is 5.02 Å². The lowest BCUT2D eigenvalue weighted by molar-refractivity contribution is 0.412. The standard InChI is InChI=1S/C11H17ClN4O/c1-3-4-16(8-5-13-6-8)9-7-14-15(2)11(17)10(9)12/h7-8,13H,3-6H2,1-2H3. The van der Waals surface area contributed by atoms with Gasteiger partial charge in [-0.15, -0.1) is 0 Å². The fourth-order valence-electron chi connectivity index (χ4n) is 1.94. The Morgan fingerprint density at radius 1 is 1.65 bits per heavy atom. The third kappa shape index (κ3) is 2.30. The number of anilines is 1. The number of nitrogens with one attached hydrogen (secondary N) is 1. The Balaban J connectivity index is 2.35. The van der Waals surface area contributed by atoms with E-state index in [-0.39, 0.29) is 10.6 Å². The third-order valence-electron chi connectivity index (χ3n) is 3.03. The second-order valence-corrected chi connectivity index (χ2v) is 4.66. The Kier molecular flexibility index (Phi) is 3.69. The van der Waals surface area contributed by atoms with Crippen molar-refractivity contribution in [1.29, 1.82) is 0 Å². The summed E-state index contributed by atoms with van der Waals surface area (Å²) in [5.41, 5.74) is 0.515. The monoisotopic (exact) mass is 256 g/mol. The van der Waals surface area contributed by atoms with Gasteiger partial charge >= 0.3 is 0 Å². The maximum absolute atomic E-state index is 11.8. The van der Waals surface area contributed by atoms with E-state index in [1.165, 1.54) is 4.68 Å². The number of rotatable bonds is 4. The SMILES string of the molecule is CCCN(c1cnn(C)c(=O)c1Cl)C1CNC1. The maximum atomic E-state index is 11.8. The highest BCUT2D eigenvalue weighted by Gasteiger charge is 2.26. The number of halogens is 1. The molecule has 0 unspecified atom stereocenters. The van der Waals surface area contributed by atoms with E-state index in [1.54, 1.807) is 13.2 Å². The molecule has 0 amide bonds. The molecule has 1 aromatic heterocycles. The zero-order valence-corrected chi connectivity index (χ0v) is 10.9. The topological polar surface area (TPSA) is 50.2 Å². The van der Waals surface area contributed by atoms with E-state index in [0.717, 1.165) is 31.7 Å². The Bertz CT molecular complexity index is 455. The van der Waals surface area contributed by atoms with Gasteiger partial charge in [-0.05, 0) is 6.42 Å². The average molecular weight is 257 g/mol. The molecule has 94 valence electrons. The van der Waals surface area contributed by atoms with Gasteiger partial charge in [0.1, 0.15) is 5.02 Å². The molecule has 17 heavy (non-hydrogen) atoms. The minimum atomic E-state index is -0.238. The van der Waals surface area contributed by atoms with Gasteiger partial charge in [-0.2, -0.15) is 5.10 Å². The summed E-state index contributed by atoms with van der Waals surface area (Å²) in [4.78, 5) is 13.9. The molecule has 0 bridgehead atoms. The molecular weight excluding hydrogens is 240 g/mol. The van der Waals surface area contributed by atoms with Gasteiger partial charge < -0.3 is 10.2 Å². The van der Waals surface area contributed by atoms with Crippen molar-refractivity contribution in [1.82, 2.24) is 15.1 Å². The second-order valence-electron chi connectivity index (χ2n) is 4.28. The van der Waals surface area contributed by atoms with Crippen molar-refractivity contribution >= 4 is 17.3 Å². The Morgan fingerprint density at radius 2 is 2.35 bits per heavy atom. The van der Waals surface area contributed by atoms with Crippen LogP contribution >= 0.6 is 11.6 Å². The fourth-order valence-corrected chi connectivity index (χ4v) is 2.22. The van der Waals surface area contributed by atoms with E-state index in [1.807, 2.05) is 0 Å². The molecular formula is C11H17ClN4O. The molecule has 6 heteroatoms. The highest BCUT2D eigenvalue weighted by Crippen LogP contribution is 2.24. The normalized spacial score (nSPS) is 15.7. The quantitative estimate of drug-likeness (QED) is 0.858. The fraction of sp³-hybridized carbons (Fsp3) is 0.636. The summed E-state index contributed by atoms with van der Waals surface area (Å²) >= 11 is 6.12. The first-order valence-corrected chi connectivity index (χ1v) is 6.22. The number of aryl methyl sites for hydroxylation is 1. The van der Waals surface area contributed by atoms with Crippen molar-refractivity contribution in [3.05, 3.63) is 21.6 Å². The molecule has 1 aliphatic rings. The van der Waals surface area contributed by atoms with E-state index >= 15 is 0 Å². The molecule has 1 aliphatic heterocycles. The summed E-state index contributed by atoms with van der Waals surface area (Å²) in [5.74, 6) is 0. The predicted octanol–water partition coefficient (Wildman–Crippen LogP) is 0.622. The number of hydrogen-bond donors (Lipinski definition) is 1. The molecule has 1 saturated heterocycles. The number of hydrogen-bond acceptors (Lipinski definition) is 4. The van der Waals surface area contributed by atoms with Crippen LogP contribution in [0, 0.1) is 0 Å². The molecule has 0 spiro atoms. The first kappa shape index (κ1) is 12.4. The highest BCUT2D eigenvalue weighted by atomic mass is 35.5. The molecule has 1 fully saturated rings. The Hall–Kier alpha value is -1.07. The van der Waals surface area contributed by atoms with Crippen LogP contribution in [-0.4, -0.2) is 35.5 Å². The molecule has 0 saturated carbocycles. The molecule has 2 rings (SSSR count). The molecule has 5 nitrogen and oxygen atoms in total. The molecule has 0 aliphatic carbocycles. The second kappa shape index (κ2) is 5.06. The van der Waals surface area contributed by atoms with E-state index in [9.17, 15) is 4.79 Å². The lowest BCUT2D eigenvalue weighted by atomic mass is 10.1. The van der Waals surface area contributed by atoms with E-state index in [0.29, 0.717) is 6.04 Å². The first-order valence-electron chi connectivity index (χ1n) is 5.84. The van der Waals surface area contributed by atoms with Crippen LogP contribution in [0.15, 0.2) is 11.0 Å². The summed E-state index contributed by atoms with van der Waals surface area (Å²) in [6.07, 6.45) is 2.69. The van der Waals surface area contributed by atoms with Gasteiger partial charge in [-0.3, -0.25) is 4.79 Å². The molecule has 2 heterocycles. The van der Waals surface area contributed by atoms with Crippen LogP contribution in [0.5, 0.6) is 0 Å². The van der Waals surface area contributed by atoms with Crippen LogP contribution in [-0.2, 0) is 7.05 Å². The maximum Gasteiger partial charge on any atom is 0.287 e. The predicted molar refractivity (Wildman–Crippen MR) is 68.8 cm³/mol. The summed E-state index contributed by atoms with van der Waals surface area (Å²) in [6, 6.07) is 0.418. The van der Waals surface area contributed by atoms with Crippen LogP contribution in [0.25, 0.3) is 0 Å². The minimum absolute atomic E-state index is 0.238. The van der Waals surface area contributed by atoms with Gasteiger partial charge in [-0.1, -0.05) is 18.5 Å². The van der Waals surface area contributed by atoms with Crippen molar-refractivity contribution in [3.63, 3.8) is 0 Å². The van der Waals surface area contributed by atoms with Crippen LogP contribution in [0.3, 0.4) is 0 Å². The van der Waals surface area contributed by atoms with Crippen LogP contribution in [0.1, 0.15) is 13.3 Å². The van der Waals surface area contributed by atoms with Crippen molar-refractivity contribution in [2.45, 2.75) is 19.4 Å². The van der Waals surface area contributed by atoms with Gasteiger partial charge in [0.25, 0.3) is 5.56 Å². The van der Waals surface area contributed by atoms with E-state index < -0.39 is 0 Å². The molecule has 0 atom stereocenters. The smallest absolute Gasteiger partial charge is 0.287 e. The highest BCUT2D eigenvalue weighted by molar-refractivity contribution is 6.33. The summed E-state index contributed by atoms with van der Waals surface area (Å²) < 4.78 is 1.26. The van der Waals surface area contributed by atoms with Crippen molar-refractivity contribution in [3.8, 4) is 0 Å². The van der Waals surface area contributed by atoms with Crippen LogP contribution < -0.4 is 15.8 Å². The van der Waals surface area contributed by atoms with Gasteiger partial charge in [0.15, 0.2) is 0 Å². The van der Waals surface area contributed by atoms with Gasteiger partial charge in [0.2, 0.25) is 0 Å². The van der Waals surface area contributed by atoms with Crippen molar-refractivity contribution in [2.24, 2.45) is 7.05 Å². The van der Waals surface area contributed by atoms with Gasteiger partial charge in [0.05, 0.1) is 17.9 Å². The molecule has 0 aromatic carbocycles. The van der Waals surface area contributed by atoms with Crippen LogP contribution in [0.4, 0.5) is 5.69 Å². The van der Waals surface area contributed by atoms with Crippen molar-refractivity contribution in [2.75, 3.05) is 24.5 Å². The minimum Gasteiger partial charge on any atom is -0.363 e. The Morgan fingerprint density at radius 3 is 2.88 bits per heavy atom. The summed E-state index contributed by atoms with van der Waals surface area (Å²) in [5, 5.41) is 7.53. The number of aromatic nitrogens is 2. The summed E-state index contributed by atoms with van der Waals surface area (Å²) in [6.45, 7) is 4.87. The molecule has 0 radical (unpaired) electrons. The first-order chi connectivity index (χ1) is 8.15. The van der Waals surface area contributed by atoms with Gasteiger partial charge in [-0.25, -0.2) is 4.68 Å². The average Bonchev–Trinajstić information content (AvgIpc) is 2.23. The molecule has 1 N–H and O–H groups in total. The largest absolute Gasteiger partial charge is 0.363 e. The summed E-state index contributed by atoms with van der Waals surface area (Å²) in [7, 11) is 1.60. The molecule has 1 aromatic rings. The lowest BCUT2D eigenvalue weighted by Crippen LogP contribution is -2.58. The van der Waals surface area contributed by atoms with E-state index in [4.69, 9.17) is 11.6 Å². The number of nitrogens with zero attached hydrogens (tertiary/aromatic N) is 3. The van der Waals surface area contributed by atoms with Crippen molar-refractivity contribution < 1.29 is 0 Å². The third-order valence-corrected chi connectivity index (χ3v) is 3.39. The Labute approximate surface area is 105 Å². The van der Waals surface area contributed by atoms with Gasteiger partial charge in [0, 0.05) is 26.7 Å². The lowest BCUT2D eigenvalue weighted by Gasteiger charge is -2.39. The van der Waals surface area contributed by atoms with E-state index in [2.05, 4.69) is 22.2 Å². The zero-order valence-electron chi connectivity index (χ0n) is 10.1. The zero-order chi connectivity index (χ0) is 12.4.